The molecule has 0 aliphatic heterocycles. The van der Waals surface area contributed by atoms with E-state index in [-0.39, 0.29) is 5.78 Å². The highest BCUT2D eigenvalue weighted by molar-refractivity contribution is 9.11. The van der Waals surface area contributed by atoms with Crippen molar-refractivity contribution in [1.82, 2.24) is 0 Å². The van der Waals surface area contributed by atoms with E-state index in [4.69, 9.17) is 4.74 Å². The Hall–Kier alpha value is -1.91. The second-order valence-corrected chi connectivity index (χ2v) is 6.66. The molecule has 3 aromatic rings. The van der Waals surface area contributed by atoms with E-state index in [1.54, 1.807) is 30.3 Å². The lowest BCUT2D eigenvalue weighted by molar-refractivity contribution is 0.103. The lowest BCUT2D eigenvalue weighted by atomic mass is 10.0. The first-order valence-electron chi connectivity index (χ1n) is 6.96. The number of halogens is 2. The highest BCUT2D eigenvalue weighted by Gasteiger charge is 2.13. The predicted molar refractivity (Wildman–Crippen MR) is 98.2 cm³/mol. The summed E-state index contributed by atoms with van der Waals surface area (Å²) in [6, 6.07) is 22.2. The number of hydrogen-bond acceptors (Lipinski definition) is 2. The second kappa shape index (κ2) is 7.11. The van der Waals surface area contributed by atoms with Gasteiger partial charge >= 0.3 is 0 Å². The van der Waals surface area contributed by atoms with E-state index >= 15 is 0 Å². The number of hydrogen-bond donors (Lipinski definition) is 0. The Morgan fingerprint density at radius 1 is 0.783 bits per heavy atom. The number of para-hydroxylation sites is 1. The van der Waals surface area contributed by atoms with Crippen LogP contribution in [-0.4, -0.2) is 5.78 Å². The molecule has 23 heavy (non-hydrogen) atoms. The van der Waals surface area contributed by atoms with Crippen LogP contribution in [0, 0.1) is 0 Å². The molecular weight excluding hydrogens is 420 g/mol. The number of carbonyl (C=O) groups excluding carboxylic acids is 1. The third-order valence-electron chi connectivity index (χ3n) is 3.27. The molecule has 114 valence electrons. The zero-order valence-corrected chi connectivity index (χ0v) is 15.2. The number of carbonyl (C=O) groups is 1. The monoisotopic (exact) mass is 430 g/mol. The van der Waals surface area contributed by atoms with Gasteiger partial charge in [0.25, 0.3) is 0 Å². The van der Waals surface area contributed by atoms with Crippen LogP contribution >= 0.6 is 31.9 Å². The van der Waals surface area contributed by atoms with Crippen LogP contribution in [-0.2, 0) is 0 Å². The summed E-state index contributed by atoms with van der Waals surface area (Å²) >= 11 is 6.81. The van der Waals surface area contributed by atoms with E-state index < -0.39 is 0 Å². The molecule has 0 fully saturated rings. The third kappa shape index (κ3) is 3.89. The van der Waals surface area contributed by atoms with Crippen molar-refractivity contribution < 1.29 is 9.53 Å². The molecule has 3 aromatic carbocycles. The molecular formula is C19H12Br2O2. The normalized spacial score (nSPS) is 10.3. The first-order chi connectivity index (χ1) is 11.1. The van der Waals surface area contributed by atoms with Crippen LogP contribution in [0.5, 0.6) is 11.5 Å². The summed E-state index contributed by atoms with van der Waals surface area (Å²) in [7, 11) is 0. The topological polar surface area (TPSA) is 26.3 Å². The van der Waals surface area contributed by atoms with Gasteiger partial charge in [-0.15, -0.1) is 0 Å². The van der Waals surface area contributed by atoms with Gasteiger partial charge in [-0.05, 0) is 54.6 Å². The van der Waals surface area contributed by atoms with Gasteiger partial charge in [-0.25, -0.2) is 0 Å². The first-order valence-corrected chi connectivity index (χ1v) is 8.55. The molecule has 0 bridgehead atoms. The summed E-state index contributed by atoms with van der Waals surface area (Å²) in [6.07, 6.45) is 0. The van der Waals surface area contributed by atoms with Gasteiger partial charge < -0.3 is 4.74 Å². The summed E-state index contributed by atoms with van der Waals surface area (Å²) < 4.78 is 7.38. The smallest absolute Gasteiger partial charge is 0.194 e. The fourth-order valence-electron chi connectivity index (χ4n) is 2.13. The molecule has 0 radical (unpaired) electrons. The van der Waals surface area contributed by atoms with Crippen molar-refractivity contribution in [3.05, 3.63) is 92.9 Å². The number of ether oxygens (including phenoxy) is 1. The van der Waals surface area contributed by atoms with Crippen molar-refractivity contribution in [1.29, 1.82) is 0 Å². The highest BCUT2D eigenvalue weighted by atomic mass is 79.9. The van der Waals surface area contributed by atoms with Crippen LogP contribution in [0.2, 0.25) is 0 Å². The molecule has 3 rings (SSSR count). The van der Waals surface area contributed by atoms with Crippen LogP contribution in [0.1, 0.15) is 15.9 Å². The highest BCUT2D eigenvalue weighted by Crippen LogP contribution is 2.26. The molecule has 0 unspecified atom stereocenters. The van der Waals surface area contributed by atoms with Gasteiger partial charge in [-0.1, -0.05) is 50.1 Å². The lowest BCUT2D eigenvalue weighted by Gasteiger charge is -2.07. The van der Waals surface area contributed by atoms with Crippen molar-refractivity contribution in [2.75, 3.05) is 0 Å². The van der Waals surface area contributed by atoms with Gasteiger partial charge in [0.1, 0.15) is 11.5 Å². The Labute approximate surface area is 151 Å². The van der Waals surface area contributed by atoms with Crippen molar-refractivity contribution in [3.63, 3.8) is 0 Å². The summed E-state index contributed by atoms with van der Waals surface area (Å²) in [5, 5.41) is 0. The zero-order valence-electron chi connectivity index (χ0n) is 12.0. The molecule has 4 heteroatoms. The Balaban J connectivity index is 1.82. The molecule has 0 aliphatic rings. The average Bonchev–Trinajstić information content (AvgIpc) is 2.58. The minimum Gasteiger partial charge on any atom is -0.457 e. The molecule has 0 spiro atoms. The molecule has 0 atom stereocenters. The molecule has 0 aliphatic carbocycles. The fraction of sp³-hybridized carbons (Fsp3) is 0. The van der Waals surface area contributed by atoms with E-state index in [1.165, 1.54) is 0 Å². The minimum atomic E-state index is -0.0376. The first kappa shape index (κ1) is 16.0. The zero-order chi connectivity index (χ0) is 16.2. The average molecular weight is 432 g/mol. The second-order valence-electron chi connectivity index (χ2n) is 4.89. The van der Waals surface area contributed by atoms with Crippen molar-refractivity contribution in [2.24, 2.45) is 0 Å². The molecule has 0 heterocycles. The van der Waals surface area contributed by atoms with Crippen LogP contribution in [0.4, 0.5) is 0 Å². The van der Waals surface area contributed by atoms with E-state index in [0.29, 0.717) is 16.9 Å². The maximum atomic E-state index is 12.6. The van der Waals surface area contributed by atoms with Gasteiger partial charge in [-0.2, -0.15) is 0 Å². The summed E-state index contributed by atoms with van der Waals surface area (Å²) in [4.78, 5) is 12.6. The minimum absolute atomic E-state index is 0.0376. The van der Waals surface area contributed by atoms with Gasteiger partial charge in [0.2, 0.25) is 0 Å². The molecule has 2 nitrogen and oxygen atoms in total. The molecule has 0 amide bonds. The lowest BCUT2D eigenvalue weighted by Crippen LogP contribution is -2.02. The Bertz CT molecular complexity index is 828. The number of rotatable bonds is 4. The summed E-state index contributed by atoms with van der Waals surface area (Å²) in [5.74, 6) is 1.42. The van der Waals surface area contributed by atoms with E-state index in [1.807, 2.05) is 42.5 Å². The third-order valence-corrected chi connectivity index (χ3v) is 4.45. The van der Waals surface area contributed by atoms with Gasteiger partial charge in [-0.3, -0.25) is 4.79 Å². The van der Waals surface area contributed by atoms with E-state index in [9.17, 15) is 4.79 Å². The van der Waals surface area contributed by atoms with Crippen molar-refractivity contribution in [3.8, 4) is 11.5 Å². The number of ketones is 1. The van der Waals surface area contributed by atoms with Crippen molar-refractivity contribution >= 4 is 37.6 Å². The van der Waals surface area contributed by atoms with Crippen LogP contribution in [0.3, 0.4) is 0 Å². The standard InChI is InChI=1S/C19H12Br2O2/c20-14-8-11-18(21)17(12-14)19(22)13-6-9-16(10-7-13)23-15-4-2-1-3-5-15/h1-12H. The maximum Gasteiger partial charge on any atom is 0.194 e. The fourth-order valence-corrected chi connectivity index (χ4v) is 2.91. The summed E-state index contributed by atoms with van der Waals surface area (Å²) in [6.45, 7) is 0. The van der Waals surface area contributed by atoms with E-state index in [2.05, 4.69) is 31.9 Å². The largest absolute Gasteiger partial charge is 0.457 e. The van der Waals surface area contributed by atoms with Crippen LogP contribution < -0.4 is 4.74 Å². The van der Waals surface area contributed by atoms with Gasteiger partial charge in [0.05, 0.1) is 0 Å². The van der Waals surface area contributed by atoms with Crippen LogP contribution in [0.25, 0.3) is 0 Å². The predicted octanol–water partition coefficient (Wildman–Crippen LogP) is 6.23. The molecule has 0 aromatic heterocycles. The summed E-state index contributed by atoms with van der Waals surface area (Å²) in [5.41, 5.74) is 1.24. The van der Waals surface area contributed by atoms with Gasteiger partial charge in [0.15, 0.2) is 5.78 Å². The maximum absolute atomic E-state index is 12.6. The molecule has 0 N–H and O–H groups in total. The molecule has 0 saturated heterocycles. The quantitative estimate of drug-likeness (QED) is 0.457. The SMILES string of the molecule is O=C(c1ccc(Oc2ccccc2)cc1)c1cc(Br)ccc1Br. The van der Waals surface area contributed by atoms with Gasteiger partial charge in [0, 0.05) is 20.1 Å². The van der Waals surface area contributed by atoms with Crippen molar-refractivity contribution in [2.45, 2.75) is 0 Å². The Morgan fingerprint density at radius 3 is 2.13 bits per heavy atom. The number of benzene rings is 3. The Morgan fingerprint density at radius 2 is 1.43 bits per heavy atom. The Kier molecular flexibility index (Phi) is 4.94. The van der Waals surface area contributed by atoms with Crippen LogP contribution in [0.15, 0.2) is 81.7 Å². The molecule has 0 saturated carbocycles. The van der Waals surface area contributed by atoms with E-state index in [0.717, 1.165) is 14.7 Å².